The summed E-state index contributed by atoms with van der Waals surface area (Å²) in [6.45, 7) is 2.35. The van der Waals surface area contributed by atoms with Gasteiger partial charge in [0.2, 0.25) is 0 Å². The highest BCUT2D eigenvalue weighted by molar-refractivity contribution is 6.06. The average Bonchev–Trinajstić information content (AvgIpc) is 3.98. The Morgan fingerprint density at radius 1 is 0.596 bits per heavy atom. The molecule has 2 amide bonds. The van der Waals surface area contributed by atoms with Crippen LogP contribution in [0.2, 0.25) is 0 Å². The van der Waals surface area contributed by atoms with Gasteiger partial charge in [-0.25, -0.2) is 4.79 Å². The summed E-state index contributed by atoms with van der Waals surface area (Å²) in [5.41, 5.74) is 6.90. The van der Waals surface area contributed by atoms with Crippen molar-refractivity contribution in [3.63, 3.8) is 0 Å². The Hall–Kier alpha value is -4.29. The van der Waals surface area contributed by atoms with Crippen molar-refractivity contribution >= 4 is 17.8 Å². The predicted octanol–water partition coefficient (Wildman–Crippen LogP) is 8.86. The molecule has 1 aromatic heterocycles. The van der Waals surface area contributed by atoms with Gasteiger partial charge >= 0.3 is 12.1 Å². The summed E-state index contributed by atoms with van der Waals surface area (Å²) >= 11 is 0. The van der Waals surface area contributed by atoms with Crippen molar-refractivity contribution < 1.29 is 32.7 Å². The highest BCUT2D eigenvalue weighted by Crippen LogP contribution is 2.54. The fourth-order valence-electron chi connectivity index (χ4n) is 11.1. The number of hydrogen-bond donors (Lipinski definition) is 3. The first kappa shape index (κ1) is 39.5. The van der Waals surface area contributed by atoms with Gasteiger partial charge in [-0.3, -0.25) is 24.4 Å². The van der Waals surface area contributed by atoms with Crippen molar-refractivity contribution in [2.45, 2.75) is 132 Å². The number of halogens is 3. The van der Waals surface area contributed by atoms with Gasteiger partial charge in [-0.15, -0.1) is 0 Å². The minimum atomic E-state index is -5.08. The van der Waals surface area contributed by atoms with Gasteiger partial charge in [0.25, 0.3) is 11.8 Å². The van der Waals surface area contributed by atoms with Crippen LogP contribution in [0, 0.1) is 11.8 Å². The molecule has 304 valence electrons. The zero-order chi connectivity index (χ0) is 39.7. The molecule has 2 saturated heterocycles. The SMILES string of the molecule is O=C(N[C@H]1CC[C@H](CCN2[C@@H]3CC[C@H]2c2ccccc23)CC1)c1cccnc1C(=O)N[C@H]1CC[C@H](CCN2[C@@H]3CC[C@H]2c2ccccc23)CC1.O=C(O)C(F)(F)F. The number of pyridine rings is 1. The zero-order valence-corrected chi connectivity index (χ0v) is 32.4. The van der Waals surface area contributed by atoms with Gasteiger partial charge in [0.1, 0.15) is 5.69 Å². The molecule has 0 spiro atoms. The van der Waals surface area contributed by atoms with Crippen molar-refractivity contribution in [1.82, 2.24) is 25.4 Å². The van der Waals surface area contributed by atoms with E-state index in [4.69, 9.17) is 9.90 Å². The van der Waals surface area contributed by atoms with Crippen molar-refractivity contribution in [3.05, 3.63) is 100 Å². The van der Waals surface area contributed by atoms with E-state index >= 15 is 0 Å². The molecule has 4 bridgehead atoms. The van der Waals surface area contributed by atoms with E-state index in [-0.39, 0.29) is 29.6 Å². The van der Waals surface area contributed by atoms with Gasteiger partial charge in [-0.1, -0.05) is 48.5 Å². The van der Waals surface area contributed by atoms with Gasteiger partial charge in [0.15, 0.2) is 0 Å². The predicted molar refractivity (Wildman–Crippen MR) is 209 cm³/mol. The van der Waals surface area contributed by atoms with Gasteiger partial charge < -0.3 is 15.7 Å². The number of carbonyl (C=O) groups excluding carboxylic acids is 2. The molecule has 4 atom stereocenters. The summed E-state index contributed by atoms with van der Waals surface area (Å²) in [7, 11) is 0. The van der Waals surface area contributed by atoms with Crippen LogP contribution < -0.4 is 10.6 Å². The molecule has 57 heavy (non-hydrogen) atoms. The number of nitrogens with zero attached hydrogens (tertiary/aromatic N) is 3. The molecule has 0 radical (unpaired) electrons. The number of benzene rings is 2. The third kappa shape index (κ3) is 8.49. The number of nitrogens with one attached hydrogen (secondary N) is 2. The number of rotatable bonds is 10. The summed E-state index contributed by atoms with van der Waals surface area (Å²) in [6, 6.07) is 24.4. The molecular weight excluding hydrogens is 732 g/mol. The number of hydrogen-bond acceptors (Lipinski definition) is 6. The number of fused-ring (bicyclic) bond motifs is 10. The highest BCUT2D eigenvalue weighted by atomic mass is 19.4. The van der Waals surface area contributed by atoms with E-state index in [1.807, 2.05) is 0 Å². The van der Waals surface area contributed by atoms with E-state index in [2.05, 4.69) is 73.9 Å². The fourth-order valence-corrected chi connectivity index (χ4v) is 11.1. The molecule has 9 rings (SSSR count). The van der Waals surface area contributed by atoms with E-state index in [0.717, 1.165) is 51.4 Å². The van der Waals surface area contributed by atoms with Crippen LogP contribution in [-0.4, -0.2) is 69.0 Å². The number of aromatic nitrogens is 1. The molecule has 5 heterocycles. The second-order valence-corrected chi connectivity index (χ2v) is 17.1. The molecule has 9 nitrogen and oxygen atoms in total. The van der Waals surface area contributed by atoms with Crippen molar-refractivity contribution in [2.75, 3.05) is 13.1 Å². The Morgan fingerprint density at radius 3 is 1.37 bits per heavy atom. The average molecular weight is 786 g/mol. The number of aliphatic carboxylic acids is 1. The lowest BCUT2D eigenvalue weighted by Crippen LogP contribution is -2.41. The largest absolute Gasteiger partial charge is 0.490 e. The molecule has 2 aliphatic carbocycles. The summed E-state index contributed by atoms with van der Waals surface area (Å²) in [5.74, 6) is -1.71. The van der Waals surface area contributed by atoms with Crippen molar-refractivity contribution in [2.24, 2.45) is 11.8 Å². The molecule has 6 aliphatic rings. The van der Waals surface area contributed by atoms with E-state index in [0.29, 0.717) is 41.6 Å². The minimum absolute atomic E-state index is 0.143. The smallest absolute Gasteiger partial charge is 0.475 e. The molecule has 0 unspecified atom stereocenters. The lowest BCUT2D eigenvalue weighted by atomic mass is 9.83. The summed E-state index contributed by atoms with van der Waals surface area (Å²) in [6.07, 6.45) is 12.8. The Labute approximate surface area is 332 Å². The Morgan fingerprint density at radius 2 is 0.982 bits per heavy atom. The number of carboxylic acids is 1. The first-order chi connectivity index (χ1) is 27.5. The molecule has 2 aromatic carbocycles. The second kappa shape index (κ2) is 16.9. The number of alkyl halides is 3. The van der Waals surface area contributed by atoms with Crippen LogP contribution in [0.4, 0.5) is 13.2 Å². The molecule has 4 fully saturated rings. The second-order valence-electron chi connectivity index (χ2n) is 17.1. The molecule has 4 aliphatic heterocycles. The van der Waals surface area contributed by atoms with Crippen LogP contribution in [-0.2, 0) is 4.79 Å². The Balaban J connectivity index is 0.000000598. The maximum atomic E-state index is 13.5. The number of amides is 2. The van der Waals surface area contributed by atoms with E-state index in [1.54, 1.807) is 40.6 Å². The summed E-state index contributed by atoms with van der Waals surface area (Å²) < 4.78 is 31.7. The minimum Gasteiger partial charge on any atom is -0.475 e. The monoisotopic (exact) mass is 785 g/mol. The molecule has 3 N–H and O–H groups in total. The lowest BCUT2D eigenvalue weighted by Gasteiger charge is -2.31. The van der Waals surface area contributed by atoms with E-state index in [1.165, 1.54) is 51.6 Å². The van der Waals surface area contributed by atoms with Crippen LogP contribution in [0.3, 0.4) is 0 Å². The van der Waals surface area contributed by atoms with Crippen LogP contribution in [0.1, 0.15) is 157 Å². The first-order valence-corrected chi connectivity index (χ1v) is 21.1. The van der Waals surface area contributed by atoms with Crippen LogP contribution in [0.25, 0.3) is 0 Å². The Kier molecular flexibility index (Phi) is 11.7. The van der Waals surface area contributed by atoms with Gasteiger partial charge in [0, 0.05) is 42.4 Å². The number of carbonyl (C=O) groups is 3. The van der Waals surface area contributed by atoms with E-state index < -0.39 is 12.1 Å². The van der Waals surface area contributed by atoms with Gasteiger partial charge in [0.05, 0.1) is 5.56 Å². The van der Waals surface area contributed by atoms with Crippen molar-refractivity contribution in [3.8, 4) is 0 Å². The standard InChI is InChI=1S/C43H53N5O2.C2HF3O2/c49-42(45-30-15-11-28(12-16-30)23-26-47-37-19-20-38(47)33-7-2-1-6-32(33)37)36-10-5-25-44-41(36)43(50)46-31-17-13-29(14-18-31)24-27-48-39-21-22-40(48)35-9-4-3-8-34(35)39;3-2(4,5)1(6)7/h1-10,25,28-31,37-40H,11-24,26-27H2,(H,45,49)(H,46,50);(H,6,7)/t28-,29-,30-,31-,37-,38+,39-,40+;. The topological polar surface area (TPSA) is 115 Å². The summed E-state index contributed by atoms with van der Waals surface area (Å²) in [5, 5.41) is 13.7. The lowest BCUT2D eigenvalue weighted by molar-refractivity contribution is -0.192. The van der Waals surface area contributed by atoms with Crippen LogP contribution >= 0.6 is 0 Å². The third-order valence-corrected chi connectivity index (χ3v) is 13.9. The fraction of sp³-hybridized carbons (Fsp3) is 0.556. The molecule has 3 aromatic rings. The van der Waals surface area contributed by atoms with E-state index in [9.17, 15) is 22.8 Å². The highest BCUT2D eigenvalue weighted by Gasteiger charge is 2.44. The van der Waals surface area contributed by atoms with Crippen LogP contribution in [0.5, 0.6) is 0 Å². The van der Waals surface area contributed by atoms with Crippen molar-refractivity contribution in [1.29, 1.82) is 0 Å². The summed E-state index contributed by atoms with van der Waals surface area (Å²) in [4.78, 5) is 45.8. The molecular formula is C45H54F3N5O4. The maximum Gasteiger partial charge on any atom is 0.490 e. The van der Waals surface area contributed by atoms with Gasteiger partial charge in [-0.2, -0.15) is 13.2 Å². The zero-order valence-electron chi connectivity index (χ0n) is 32.4. The number of carboxylic acid groups (broad SMARTS) is 1. The van der Waals surface area contributed by atoms with Crippen LogP contribution in [0.15, 0.2) is 66.9 Å². The quantitative estimate of drug-likeness (QED) is 0.188. The van der Waals surface area contributed by atoms with Gasteiger partial charge in [-0.05, 0) is 149 Å². The maximum absolute atomic E-state index is 13.5. The molecule has 12 heteroatoms. The first-order valence-electron chi connectivity index (χ1n) is 21.1. The normalized spacial score (nSPS) is 28.9. The third-order valence-electron chi connectivity index (χ3n) is 13.9. The Bertz CT molecular complexity index is 1740. The molecule has 2 saturated carbocycles.